The predicted molar refractivity (Wildman–Crippen MR) is 120 cm³/mol. The molecule has 1 saturated heterocycles. The maximum Gasteiger partial charge on any atom is 0.243 e. The van der Waals surface area contributed by atoms with Crippen molar-refractivity contribution in [1.29, 1.82) is 0 Å². The van der Waals surface area contributed by atoms with Gasteiger partial charge >= 0.3 is 0 Å². The second kappa shape index (κ2) is 8.39. The van der Waals surface area contributed by atoms with Crippen molar-refractivity contribution in [2.75, 3.05) is 11.9 Å². The number of fused-ring (bicyclic) bond motifs is 1. The van der Waals surface area contributed by atoms with Crippen LogP contribution in [0.5, 0.6) is 0 Å². The number of benzene rings is 3. The van der Waals surface area contributed by atoms with E-state index in [4.69, 9.17) is 5.11 Å². The van der Waals surface area contributed by atoms with Gasteiger partial charge < -0.3 is 10.4 Å². The normalized spacial score (nSPS) is 19.8. The number of hydrogen-bond donors (Lipinski definition) is 3. The van der Waals surface area contributed by atoms with Crippen LogP contribution in [0.15, 0.2) is 71.6 Å². The van der Waals surface area contributed by atoms with Gasteiger partial charge in [0, 0.05) is 17.5 Å². The second-order valence-corrected chi connectivity index (χ2v) is 9.95. The van der Waals surface area contributed by atoms with Crippen LogP contribution in [0.1, 0.15) is 12.0 Å². The lowest BCUT2D eigenvalue weighted by molar-refractivity contribution is -0.119. The Labute approximate surface area is 181 Å². The van der Waals surface area contributed by atoms with Crippen LogP contribution in [-0.2, 0) is 21.4 Å². The van der Waals surface area contributed by atoms with Gasteiger partial charge in [0.15, 0.2) is 0 Å². The number of rotatable bonds is 5. The number of carbonyl (C=O) groups is 1. The van der Waals surface area contributed by atoms with Crippen molar-refractivity contribution >= 4 is 45.0 Å². The third kappa shape index (κ3) is 4.09. The summed E-state index contributed by atoms with van der Waals surface area (Å²) in [6, 6.07) is 18.4. The summed E-state index contributed by atoms with van der Waals surface area (Å²) in [4.78, 5) is 13.1. The highest BCUT2D eigenvalue weighted by molar-refractivity contribution is 7.89. The highest BCUT2D eigenvalue weighted by Gasteiger charge is 2.43. The number of sulfonamides is 1. The first kappa shape index (κ1) is 20.9. The molecule has 8 heteroatoms. The van der Waals surface area contributed by atoms with Crippen molar-refractivity contribution in [1.82, 2.24) is 4.31 Å². The summed E-state index contributed by atoms with van der Waals surface area (Å²) in [6.45, 7) is 0.0791. The molecular formula is C22H22N2O4S2. The number of nitrogens with one attached hydrogen (secondary N) is 1. The van der Waals surface area contributed by atoms with E-state index in [1.807, 2.05) is 24.3 Å². The number of carbonyl (C=O) groups excluding carboxylic acids is 1. The van der Waals surface area contributed by atoms with Crippen molar-refractivity contribution in [3.8, 4) is 0 Å². The highest BCUT2D eigenvalue weighted by atomic mass is 32.2. The van der Waals surface area contributed by atoms with Gasteiger partial charge in [-0.1, -0.05) is 42.5 Å². The van der Waals surface area contributed by atoms with Crippen LogP contribution >= 0.6 is 12.6 Å². The second-order valence-electron chi connectivity index (χ2n) is 7.33. The fourth-order valence-corrected chi connectivity index (χ4v) is 5.84. The Bertz CT molecular complexity index is 1180. The van der Waals surface area contributed by atoms with Crippen molar-refractivity contribution in [2.45, 2.75) is 29.2 Å². The summed E-state index contributed by atoms with van der Waals surface area (Å²) in [5.74, 6) is -0.396. The molecule has 0 aromatic heterocycles. The summed E-state index contributed by atoms with van der Waals surface area (Å²) in [5, 5.41) is 13.5. The molecule has 2 N–H and O–H groups in total. The molecule has 30 heavy (non-hydrogen) atoms. The quantitative estimate of drug-likeness (QED) is 0.530. The van der Waals surface area contributed by atoms with E-state index in [1.54, 1.807) is 42.5 Å². The minimum atomic E-state index is -3.87. The van der Waals surface area contributed by atoms with Crippen molar-refractivity contribution in [3.63, 3.8) is 0 Å². The standard InChI is InChI=1S/C22H22N2O4S2/c25-14-15-5-8-18(9-6-15)23-22(26)21-12-19(29)13-24(21)30(27,28)20-10-7-16-3-1-2-4-17(16)11-20/h1-11,19,21,25,29H,12-14H2,(H,23,26)/t19-,21-/m0/s1. The summed E-state index contributed by atoms with van der Waals surface area (Å²) >= 11 is 4.45. The van der Waals surface area contributed by atoms with Gasteiger partial charge in [-0.2, -0.15) is 16.9 Å². The fourth-order valence-electron chi connectivity index (χ4n) is 3.67. The summed E-state index contributed by atoms with van der Waals surface area (Å²) < 4.78 is 28.0. The average Bonchev–Trinajstić information content (AvgIpc) is 3.16. The van der Waals surface area contributed by atoms with E-state index < -0.39 is 22.0 Å². The maximum absolute atomic E-state index is 13.4. The van der Waals surface area contributed by atoms with Gasteiger partial charge in [-0.25, -0.2) is 8.42 Å². The number of aliphatic hydroxyl groups excluding tert-OH is 1. The smallest absolute Gasteiger partial charge is 0.243 e. The number of anilines is 1. The average molecular weight is 443 g/mol. The maximum atomic E-state index is 13.4. The van der Waals surface area contributed by atoms with Crippen LogP contribution in [-0.4, -0.2) is 41.6 Å². The van der Waals surface area contributed by atoms with Crippen LogP contribution in [0.2, 0.25) is 0 Å². The lowest BCUT2D eigenvalue weighted by atomic mass is 10.1. The van der Waals surface area contributed by atoms with Gasteiger partial charge in [0.2, 0.25) is 15.9 Å². The molecule has 0 aliphatic carbocycles. The van der Waals surface area contributed by atoms with Gasteiger partial charge in [-0.3, -0.25) is 4.79 Å². The number of hydrogen-bond acceptors (Lipinski definition) is 5. The molecule has 4 rings (SSSR count). The Balaban J connectivity index is 1.60. The van der Waals surface area contributed by atoms with Crippen LogP contribution in [0, 0.1) is 0 Å². The van der Waals surface area contributed by atoms with Gasteiger partial charge in [0.05, 0.1) is 11.5 Å². The monoisotopic (exact) mass is 442 g/mol. The van der Waals surface area contributed by atoms with Crippen LogP contribution in [0.4, 0.5) is 5.69 Å². The summed E-state index contributed by atoms with van der Waals surface area (Å²) in [7, 11) is -3.87. The van der Waals surface area contributed by atoms with E-state index in [0.717, 1.165) is 16.3 Å². The molecule has 0 saturated carbocycles. The van der Waals surface area contributed by atoms with E-state index in [-0.39, 0.29) is 23.3 Å². The van der Waals surface area contributed by atoms with Gasteiger partial charge in [0.25, 0.3) is 0 Å². The van der Waals surface area contributed by atoms with E-state index in [0.29, 0.717) is 12.1 Å². The van der Waals surface area contributed by atoms with Crippen molar-refractivity contribution in [2.24, 2.45) is 0 Å². The molecule has 0 spiro atoms. The molecule has 1 aliphatic rings. The molecule has 0 radical (unpaired) electrons. The zero-order chi connectivity index (χ0) is 21.3. The summed E-state index contributed by atoms with van der Waals surface area (Å²) in [5.41, 5.74) is 1.27. The van der Waals surface area contributed by atoms with E-state index in [9.17, 15) is 13.2 Å². The largest absolute Gasteiger partial charge is 0.392 e. The molecule has 3 aromatic carbocycles. The lowest BCUT2D eigenvalue weighted by Crippen LogP contribution is -2.43. The molecule has 1 amide bonds. The zero-order valence-electron chi connectivity index (χ0n) is 16.1. The number of nitrogens with zero attached hydrogens (tertiary/aromatic N) is 1. The Morgan fingerprint density at radius 1 is 1.07 bits per heavy atom. The molecule has 1 fully saturated rings. The van der Waals surface area contributed by atoms with Crippen LogP contribution in [0.25, 0.3) is 10.8 Å². The lowest BCUT2D eigenvalue weighted by Gasteiger charge is -2.23. The fraction of sp³-hybridized carbons (Fsp3) is 0.227. The first-order chi connectivity index (χ1) is 14.4. The SMILES string of the molecule is O=C(Nc1ccc(CO)cc1)[C@@H]1C[C@H](S)CN1S(=O)(=O)c1ccc2ccccc2c1. The minimum absolute atomic E-state index is 0.0873. The molecule has 1 heterocycles. The molecule has 0 bridgehead atoms. The van der Waals surface area contributed by atoms with Gasteiger partial charge in [-0.15, -0.1) is 0 Å². The molecule has 6 nitrogen and oxygen atoms in total. The van der Waals surface area contributed by atoms with Gasteiger partial charge in [-0.05, 0) is 47.0 Å². The number of thiol groups is 1. The Hall–Kier alpha value is -2.39. The molecule has 156 valence electrons. The number of amides is 1. The van der Waals surface area contributed by atoms with Crippen molar-refractivity contribution < 1.29 is 18.3 Å². The molecule has 1 aliphatic heterocycles. The summed E-state index contributed by atoms with van der Waals surface area (Å²) in [6.07, 6.45) is 0.330. The van der Waals surface area contributed by atoms with Crippen LogP contribution < -0.4 is 5.32 Å². The zero-order valence-corrected chi connectivity index (χ0v) is 17.8. The van der Waals surface area contributed by atoms with Crippen LogP contribution in [0.3, 0.4) is 0 Å². The molecule has 2 atom stereocenters. The third-order valence-corrected chi connectivity index (χ3v) is 7.51. The predicted octanol–water partition coefficient (Wildman–Crippen LogP) is 3.03. The topological polar surface area (TPSA) is 86.7 Å². The minimum Gasteiger partial charge on any atom is -0.392 e. The molecule has 3 aromatic rings. The number of aliphatic hydroxyl groups is 1. The molecule has 0 unspecified atom stereocenters. The third-order valence-electron chi connectivity index (χ3n) is 5.27. The molecular weight excluding hydrogens is 420 g/mol. The van der Waals surface area contributed by atoms with E-state index in [1.165, 1.54) is 4.31 Å². The highest BCUT2D eigenvalue weighted by Crippen LogP contribution is 2.31. The van der Waals surface area contributed by atoms with E-state index in [2.05, 4.69) is 17.9 Å². The Morgan fingerprint density at radius 3 is 2.47 bits per heavy atom. The Kier molecular flexibility index (Phi) is 5.84. The van der Waals surface area contributed by atoms with E-state index >= 15 is 0 Å². The van der Waals surface area contributed by atoms with Gasteiger partial charge in [0.1, 0.15) is 6.04 Å². The Morgan fingerprint density at radius 2 is 1.77 bits per heavy atom. The first-order valence-corrected chi connectivity index (χ1v) is 11.5. The van der Waals surface area contributed by atoms with Crippen molar-refractivity contribution in [3.05, 3.63) is 72.3 Å². The first-order valence-electron chi connectivity index (χ1n) is 9.58.